The average molecular weight is 649 g/mol. The number of imidazole rings is 1. The summed E-state index contributed by atoms with van der Waals surface area (Å²) in [5.74, 6) is 1.84. The maximum atomic E-state index is 4.49. The molecule has 0 unspecified atom stereocenters. The first kappa shape index (κ1) is 33.8. The number of hydrogen-bond acceptors (Lipinski definition) is 0. The Kier molecular flexibility index (Phi) is 14.1. The molecule has 0 fully saturated rings. The number of benzene rings is 3. The molecule has 0 saturated heterocycles. The van der Waals surface area contributed by atoms with Gasteiger partial charge < -0.3 is 0 Å². The number of hydrogen-bond donors (Lipinski definition) is 0. The van der Waals surface area contributed by atoms with Gasteiger partial charge in [-0.1, -0.05) is 128 Å². The van der Waals surface area contributed by atoms with Crippen molar-refractivity contribution in [1.29, 1.82) is 0 Å². The Balaban J connectivity index is 0.000000428. The van der Waals surface area contributed by atoms with Gasteiger partial charge in [0.1, 0.15) is 0 Å². The predicted octanol–water partition coefficient (Wildman–Crippen LogP) is 10.1. The molecule has 4 heteroatoms. The summed E-state index contributed by atoms with van der Waals surface area (Å²) >= 11 is 2.22. The molecule has 3 aromatic carbocycles. The summed E-state index contributed by atoms with van der Waals surface area (Å²) in [6.45, 7) is 21.8. The van der Waals surface area contributed by atoms with E-state index in [9.17, 15) is 0 Å². The van der Waals surface area contributed by atoms with Crippen molar-refractivity contribution in [2.45, 2.75) is 85.5 Å². The van der Waals surface area contributed by atoms with Crippen LogP contribution in [0.4, 0.5) is 0 Å². The minimum atomic E-state index is 0.460. The second-order valence-corrected chi connectivity index (χ2v) is 11.3. The molecule has 0 saturated carbocycles. The summed E-state index contributed by atoms with van der Waals surface area (Å²) in [7, 11) is 4.49. The predicted molar refractivity (Wildman–Crippen MR) is 169 cm³/mol. The molecule has 216 valence electrons. The van der Waals surface area contributed by atoms with Gasteiger partial charge in [-0.3, -0.25) is 9.13 Å². The Morgan fingerprint density at radius 3 is 1.60 bits per heavy atom. The van der Waals surface area contributed by atoms with Gasteiger partial charge in [-0.2, -0.15) is 0 Å². The van der Waals surface area contributed by atoms with E-state index in [1.54, 1.807) is 0 Å². The van der Waals surface area contributed by atoms with Crippen molar-refractivity contribution < 1.29 is 22.7 Å². The Labute approximate surface area is 258 Å². The molecule has 4 rings (SSSR count). The van der Waals surface area contributed by atoms with Crippen molar-refractivity contribution in [2.75, 3.05) is 0 Å². The number of aromatic nitrogens is 2. The van der Waals surface area contributed by atoms with Crippen molar-refractivity contribution in [2.24, 2.45) is 0 Å². The molecular formula is C36H46ClN2Pd+. The molecule has 0 aliphatic heterocycles. The Morgan fingerprint density at radius 1 is 0.725 bits per heavy atom. The zero-order chi connectivity index (χ0) is 29.8. The topological polar surface area (TPSA) is 8.81 Å². The molecule has 2 nitrogen and oxygen atoms in total. The van der Waals surface area contributed by atoms with E-state index in [0.717, 1.165) is 6.42 Å². The third-order valence-electron chi connectivity index (χ3n) is 6.97. The van der Waals surface area contributed by atoms with E-state index in [2.05, 4.69) is 166 Å². The molecule has 0 atom stereocenters. The fraction of sp³-hybridized carbons (Fsp3) is 0.361. The van der Waals surface area contributed by atoms with Crippen LogP contribution in [0.5, 0.6) is 0 Å². The van der Waals surface area contributed by atoms with E-state index in [1.807, 2.05) is 24.3 Å². The number of halogens is 1. The molecule has 0 aliphatic rings. The SMILES string of the molecule is C=CCc1ccccc1.CC(C)c1cccc(C(C)C)c1-n1[c-][n+](-c2c(C(C)C)cccc2C(C)C)cc1.[Cl][Pd+]. The quantitative estimate of drug-likeness (QED) is 0.0779. The van der Waals surface area contributed by atoms with Crippen molar-refractivity contribution in [3.8, 4) is 11.4 Å². The van der Waals surface area contributed by atoms with Gasteiger partial charge >= 0.3 is 27.7 Å². The van der Waals surface area contributed by atoms with Gasteiger partial charge in [0.2, 0.25) is 0 Å². The van der Waals surface area contributed by atoms with Gasteiger partial charge in [-0.25, -0.2) is 0 Å². The summed E-state index contributed by atoms with van der Waals surface area (Å²) in [6, 6.07) is 23.7. The van der Waals surface area contributed by atoms with Gasteiger partial charge in [0, 0.05) is 12.4 Å². The van der Waals surface area contributed by atoms with E-state index in [1.165, 1.54) is 39.2 Å². The zero-order valence-corrected chi connectivity index (χ0v) is 27.7. The van der Waals surface area contributed by atoms with Crippen LogP contribution in [0.15, 0.2) is 91.8 Å². The van der Waals surface area contributed by atoms with Crippen LogP contribution < -0.4 is 4.57 Å². The Hall–Kier alpha value is -2.44. The zero-order valence-electron chi connectivity index (χ0n) is 25.4. The Bertz CT molecular complexity index is 1190. The third-order valence-corrected chi connectivity index (χ3v) is 6.97. The summed E-state index contributed by atoms with van der Waals surface area (Å²) in [4.78, 5) is 0. The monoisotopic (exact) mass is 647 g/mol. The molecule has 1 heterocycles. The first-order chi connectivity index (χ1) is 19.1. The fourth-order valence-electron chi connectivity index (χ4n) is 4.93. The van der Waals surface area contributed by atoms with Crippen LogP contribution in [0.3, 0.4) is 0 Å². The standard InChI is InChI=1S/C27H36N2.C9H10.ClH.Pd/c1-18(2)22-11-9-12-23(19(3)4)26(22)28-15-16-29(17-28)27-24(20(5)6)13-10-14-25(27)21(7)8;1-2-6-9-7-4-3-5-8-9;;/h9-16,18-21H,1-8H3;2-5,7-8H,1,6H2;1H;/q;;;+2/p-1. The van der Waals surface area contributed by atoms with Crippen LogP contribution >= 0.6 is 9.53 Å². The molecule has 0 aliphatic carbocycles. The summed E-state index contributed by atoms with van der Waals surface area (Å²) in [5, 5.41) is 0. The number of allylic oxidation sites excluding steroid dienone is 1. The minimum absolute atomic E-state index is 0.460. The molecule has 0 N–H and O–H groups in total. The van der Waals surface area contributed by atoms with Crippen molar-refractivity contribution in [1.82, 2.24) is 4.57 Å². The summed E-state index contributed by atoms with van der Waals surface area (Å²) in [5.41, 5.74) is 9.38. The molecule has 0 radical (unpaired) electrons. The normalized spacial score (nSPS) is 10.9. The van der Waals surface area contributed by atoms with E-state index in [4.69, 9.17) is 0 Å². The number of para-hydroxylation sites is 2. The molecule has 1 aromatic heterocycles. The van der Waals surface area contributed by atoms with Crippen molar-refractivity contribution >= 4 is 9.53 Å². The van der Waals surface area contributed by atoms with Gasteiger partial charge in [0.25, 0.3) is 6.33 Å². The second-order valence-electron chi connectivity index (χ2n) is 11.3. The fourth-order valence-corrected chi connectivity index (χ4v) is 4.93. The van der Waals surface area contributed by atoms with Crippen LogP contribution in [0.1, 0.15) is 107 Å². The molecule has 40 heavy (non-hydrogen) atoms. The Morgan fingerprint density at radius 2 is 1.18 bits per heavy atom. The first-order valence-corrected chi connectivity index (χ1v) is 16.2. The van der Waals surface area contributed by atoms with E-state index < -0.39 is 0 Å². The number of rotatable bonds is 8. The molecule has 0 spiro atoms. The van der Waals surface area contributed by atoms with Gasteiger partial charge in [0.15, 0.2) is 0 Å². The molecule has 0 bridgehead atoms. The summed E-state index contributed by atoms with van der Waals surface area (Å²) < 4.78 is 4.40. The van der Waals surface area contributed by atoms with Crippen molar-refractivity contribution in [3.05, 3.63) is 126 Å². The summed E-state index contributed by atoms with van der Waals surface area (Å²) in [6.07, 6.45) is 10.9. The first-order valence-electron chi connectivity index (χ1n) is 14.2. The van der Waals surface area contributed by atoms with Crippen LogP contribution in [0, 0.1) is 6.33 Å². The van der Waals surface area contributed by atoms with Gasteiger partial charge in [-0.05, 0) is 57.9 Å². The molecule has 4 aromatic rings. The van der Waals surface area contributed by atoms with E-state index in [-0.39, 0.29) is 0 Å². The second kappa shape index (κ2) is 16.7. The van der Waals surface area contributed by atoms with Gasteiger partial charge in [-0.15, -0.1) is 6.58 Å². The van der Waals surface area contributed by atoms with Crippen LogP contribution in [0.2, 0.25) is 0 Å². The molecule has 0 amide bonds. The van der Waals surface area contributed by atoms with Crippen LogP contribution in [0.25, 0.3) is 11.4 Å². The average Bonchev–Trinajstić information content (AvgIpc) is 3.44. The van der Waals surface area contributed by atoms with Gasteiger partial charge in [0.05, 0.1) is 11.4 Å². The third kappa shape index (κ3) is 8.78. The number of nitrogens with zero attached hydrogens (tertiary/aromatic N) is 2. The molecular weight excluding hydrogens is 602 g/mol. The van der Waals surface area contributed by atoms with Crippen LogP contribution in [-0.2, 0) is 24.6 Å². The van der Waals surface area contributed by atoms with E-state index >= 15 is 0 Å². The van der Waals surface area contributed by atoms with E-state index in [0.29, 0.717) is 23.7 Å². The van der Waals surface area contributed by atoms with Crippen molar-refractivity contribution in [3.63, 3.8) is 0 Å². The van der Waals surface area contributed by atoms with Crippen LogP contribution in [-0.4, -0.2) is 4.57 Å². The maximum absolute atomic E-state index is 4.49.